The zero-order valence-electron chi connectivity index (χ0n) is 20.7. The Balaban J connectivity index is 2.14. The van der Waals surface area contributed by atoms with Gasteiger partial charge < -0.3 is 42.6 Å². The Bertz CT molecular complexity index is 1130. The van der Waals surface area contributed by atoms with Crippen molar-refractivity contribution < 1.29 is 34.2 Å². The van der Waals surface area contributed by atoms with Crippen LogP contribution in [0.25, 0.3) is 10.9 Å². The summed E-state index contributed by atoms with van der Waals surface area (Å²) in [5.74, 6) is -5.22. The first-order valence-electron chi connectivity index (χ1n) is 11.8. The minimum Gasteiger partial charge on any atom is -0.480 e. The molecule has 0 radical (unpaired) electrons. The number of aliphatic hydroxyl groups is 1. The van der Waals surface area contributed by atoms with Gasteiger partial charge in [0.25, 0.3) is 0 Å². The molecule has 2 aromatic rings. The van der Waals surface area contributed by atoms with Crippen molar-refractivity contribution >= 4 is 40.5 Å². The molecule has 37 heavy (non-hydrogen) atoms. The number of para-hydroxylation sites is 1. The molecule has 13 nitrogen and oxygen atoms in total. The summed E-state index contributed by atoms with van der Waals surface area (Å²) in [6, 6.07) is 2.28. The van der Waals surface area contributed by atoms with E-state index in [1.54, 1.807) is 20.0 Å². The second-order valence-electron chi connectivity index (χ2n) is 8.86. The number of H-pyrrole nitrogens is 1. The smallest absolute Gasteiger partial charge is 0.328 e. The van der Waals surface area contributed by atoms with Gasteiger partial charge >= 0.3 is 5.97 Å². The molecule has 5 atom stereocenters. The molecule has 13 heteroatoms. The predicted molar refractivity (Wildman–Crippen MR) is 134 cm³/mol. The Morgan fingerprint density at radius 2 is 1.65 bits per heavy atom. The lowest BCUT2D eigenvalue weighted by Crippen LogP contribution is -2.59. The average Bonchev–Trinajstić information content (AvgIpc) is 3.26. The summed E-state index contributed by atoms with van der Waals surface area (Å²) in [6.45, 7) is 2.61. The van der Waals surface area contributed by atoms with Gasteiger partial charge in [-0.3, -0.25) is 19.2 Å². The van der Waals surface area contributed by atoms with Crippen molar-refractivity contribution in [2.75, 3.05) is 6.61 Å². The minimum atomic E-state index is -1.65. The van der Waals surface area contributed by atoms with Crippen molar-refractivity contribution in [3.63, 3.8) is 0 Å². The number of carboxylic acids is 1. The molecule has 0 fully saturated rings. The SMILES string of the molecule is CCC(C)C(NC(=O)C(N)Cc1c[nH]c2ccccc12)C(=O)NC(CC(N)=O)C(=O)NC(CO)C(=O)O. The van der Waals surface area contributed by atoms with Crippen LogP contribution in [-0.2, 0) is 30.4 Å². The normalized spacial score (nSPS) is 15.1. The molecule has 2 rings (SSSR count). The highest BCUT2D eigenvalue weighted by Gasteiger charge is 2.33. The number of carbonyl (C=O) groups is 5. The van der Waals surface area contributed by atoms with E-state index in [-0.39, 0.29) is 12.3 Å². The number of carboxylic acid groups (broad SMARTS) is 1. The number of fused-ring (bicyclic) bond motifs is 1. The topological polar surface area (TPSA) is 230 Å². The number of amides is 4. The third-order valence-corrected chi connectivity index (χ3v) is 6.08. The number of nitrogens with two attached hydrogens (primary N) is 2. The Morgan fingerprint density at radius 3 is 2.24 bits per heavy atom. The highest BCUT2D eigenvalue weighted by Crippen LogP contribution is 2.19. The molecule has 10 N–H and O–H groups in total. The van der Waals surface area contributed by atoms with E-state index >= 15 is 0 Å². The van der Waals surface area contributed by atoms with Gasteiger partial charge in [0, 0.05) is 17.1 Å². The van der Waals surface area contributed by atoms with Crippen molar-refractivity contribution in [2.24, 2.45) is 17.4 Å². The second-order valence-corrected chi connectivity index (χ2v) is 8.86. The lowest BCUT2D eigenvalue weighted by atomic mass is 9.96. The van der Waals surface area contributed by atoms with E-state index in [0.29, 0.717) is 6.42 Å². The predicted octanol–water partition coefficient (Wildman–Crippen LogP) is -1.51. The largest absolute Gasteiger partial charge is 0.480 e. The number of hydrogen-bond donors (Lipinski definition) is 8. The molecule has 0 spiro atoms. The van der Waals surface area contributed by atoms with Gasteiger partial charge in [-0.2, -0.15) is 0 Å². The van der Waals surface area contributed by atoms with Crippen molar-refractivity contribution in [3.8, 4) is 0 Å². The van der Waals surface area contributed by atoms with E-state index in [9.17, 15) is 24.0 Å². The number of primary amides is 1. The first-order chi connectivity index (χ1) is 17.5. The number of rotatable bonds is 14. The van der Waals surface area contributed by atoms with Crippen LogP contribution >= 0.6 is 0 Å². The molecule has 0 bridgehead atoms. The highest BCUT2D eigenvalue weighted by atomic mass is 16.4. The summed E-state index contributed by atoms with van der Waals surface area (Å²) in [5.41, 5.74) is 13.1. The standard InChI is InChI=1S/C24H34N6O7/c1-3-12(2)20(23(35)28-17(9-19(26)32)22(34)29-18(11-31)24(36)37)30-21(33)15(25)8-13-10-27-16-7-5-4-6-14(13)16/h4-7,10,12,15,17-18,20,27,31H,3,8-9,11,25H2,1-2H3,(H2,26,32)(H,28,35)(H,29,34)(H,30,33)(H,36,37). The molecular formula is C24H34N6O7. The van der Waals surface area contributed by atoms with Crippen molar-refractivity contribution in [2.45, 2.75) is 57.3 Å². The van der Waals surface area contributed by atoms with Crippen LogP contribution in [0.2, 0.25) is 0 Å². The molecular weight excluding hydrogens is 484 g/mol. The minimum absolute atomic E-state index is 0.204. The third kappa shape index (κ3) is 8.02. The van der Waals surface area contributed by atoms with E-state index in [2.05, 4.69) is 15.6 Å². The van der Waals surface area contributed by atoms with E-state index in [1.807, 2.05) is 29.6 Å². The zero-order valence-corrected chi connectivity index (χ0v) is 20.7. The van der Waals surface area contributed by atoms with E-state index in [4.69, 9.17) is 21.7 Å². The van der Waals surface area contributed by atoms with Gasteiger partial charge in [0.05, 0.1) is 19.1 Å². The van der Waals surface area contributed by atoms with Crippen LogP contribution < -0.4 is 27.4 Å². The molecule has 0 aliphatic rings. The monoisotopic (exact) mass is 518 g/mol. The maximum Gasteiger partial charge on any atom is 0.328 e. The average molecular weight is 519 g/mol. The van der Waals surface area contributed by atoms with Crippen LogP contribution in [0.1, 0.15) is 32.3 Å². The fourth-order valence-electron chi connectivity index (χ4n) is 3.72. The lowest BCUT2D eigenvalue weighted by molar-refractivity contribution is -0.143. The van der Waals surface area contributed by atoms with Crippen molar-refractivity contribution in [1.82, 2.24) is 20.9 Å². The molecule has 0 saturated carbocycles. The maximum atomic E-state index is 13.1. The Labute approximate surface area is 213 Å². The molecule has 1 aromatic heterocycles. The van der Waals surface area contributed by atoms with E-state index in [1.165, 1.54) is 0 Å². The number of aliphatic hydroxyl groups excluding tert-OH is 1. The third-order valence-electron chi connectivity index (χ3n) is 6.08. The Morgan fingerprint density at radius 1 is 1.00 bits per heavy atom. The number of aliphatic carboxylic acids is 1. The molecule has 0 aliphatic carbocycles. The van der Waals surface area contributed by atoms with Crippen LogP contribution in [0.4, 0.5) is 0 Å². The summed E-state index contributed by atoms with van der Waals surface area (Å²) in [5, 5.41) is 26.1. The lowest BCUT2D eigenvalue weighted by Gasteiger charge is -2.27. The van der Waals surface area contributed by atoms with Gasteiger partial charge in [-0.25, -0.2) is 4.79 Å². The van der Waals surface area contributed by atoms with Gasteiger partial charge in [0.1, 0.15) is 18.1 Å². The fraction of sp³-hybridized carbons (Fsp3) is 0.458. The summed E-state index contributed by atoms with van der Waals surface area (Å²) in [4.78, 5) is 64.3. The molecule has 1 heterocycles. The Hall–Kier alpha value is -3.97. The van der Waals surface area contributed by atoms with Crippen LogP contribution in [0.15, 0.2) is 30.5 Å². The molecule has 0 saturated heterocycles. The number of hydrogen-bond acceptors (Lipinski definition) is 7. The quantitative estimate of drug-likeness (QED) is 0.146. The van der Waals surface area contributed by atoms with Gasteiger partial charge in [-0.1, -0.05) is 38.5 Å². The van der Waals surface area contributed by atoms with Gasteiger partial charge in [0.2, 0.25) is 23.6 Å². The maximum absolute atomic E-state index is 13.1. The number of carbonyl (C=O) groups excluding carboxylic acids is 4. The molecule has 0 aliphatic heterocycles. The van der Waals surface area contributed by atoms with Crippen LogP contribution in [0.3, 0.4) is 0 Å². The Kier molecular flexibility index (Phi) is 10.6. The summed E-state index contributed by atoms with van der Waals surface area (Å²) >= 11 is 0. The van der Waals surface area contributed by atoms with Crippen LogP contribution in [0, 0.1) is 5.92 Å². The van der Waals surface area contributed by atoms with Crippen molar-refractivity contribution in [1.29, 1.82) is 0 Å². The van der Waals surface area contributed by atoms with Crippen LogP contribution in [-0.4, -0.2) is 75.6 Å². The molecule has 5 unspecified atom stereocenters. The van der Waals surface area contributed by atoms with Gasteiger partial charge in [-0.05, 0) is 24.0 Å². The molecule has 1 aromatic carbocycles. The summed E-state index contributed by atoms with van der Waals surface area (Å²) in [6.07, 6.45) is 1.82. The van der Waals surface area contributed by atoms with E-state index in [0.717, 1.165) is 16.5 Å². The first kappa shape index (κ1) is 29.3. The number of aromatic nitrogens is 1. The second kappa shape index (κ2) is 13.4. The molecule has 4 amide bonds. The first-order valence-corrected chi connectivity index (χ1v) is 11.8. The zero-order chi connectivity index (χ0) is 27.7. The molecule has 202 valence electrons. The number of aromatic amines is 1. The number of benzene rings is 1. The summed E-state index contributed by atoms with van der Waals surface area (Å²) < 4.78 is 0. The van der Waals surface area contributed by atoms with E-state index < -0.39 is 66.8 Å². The van der Waals surface area contributed by atoms with Gasteiger partial charge in [-0.15, -0.1) is 0 Å². The number of nitrogens with one attached hydrogen (secondary N) is 4. The summed E-state index contributed by atoms with van der Waals surface area (Å²) in [7, 11) is 0. The van der Waals surface area contributed by atoms with Crippen molar-refractivity contribution in [3.05, 3.63) is 36.0 Å². The van der Waals surface area contributed by atoms with Gasteiger partial charge in [0.15, 0.2) is 0 Å². The highest BCUT2D eigenvalue weighted by molar-refractivity contribution is 5.96. The fourth-order valence-corrected chi connectivity index (χ4v) is 3.72. The van der Waals surface area contributed by atoms with Crippen LogP contribution in [0.5, 0.6) is 0 Å².